The molecule has 0 radical (unpaired) electrons. The van der Waals surface area contributed by atoms with E-state index in [2.05, 4.69) is 67.6 Å². The summed E-state index contributed by atoms with van der Waals surface area (Å²) < 4.78 is 25.1. The van der Waals surface area contributed by atoms with Gasteiger partial charge in [-0.25, -0.2) is 0 Å². The number of benzene rings is 3. The van der Waals surface area contributed by atoms with Gasteiger partial charge in [-0.3, -0.25) is 0 Å². The zero-order valence-electron chi connectivity index (χ0n) is 22.0. The predicted molar refractivity (Wildman–Crippen MR) is 141 cm³/mol. The highest BCUT2D eigenvalue weighted by atomic mass is 16.8. The van der Waals surface area contributed by atoms with Crippen molar-refractivity contribution in [3.8, 4) is 5.75 Å². The number of fused-ring (bicyclic) bond motifs is 2. The van der Waals surface area contributed by atoms with Crippen LogP contribution >= 0.6 is 0 Å². The molecule has 3 aromatic carbocycles. The van der Waals surface area contributed by atoms with Crippen molar-refractivity contribution in [3.05, 3.63) is 101 Å². The van der Waals surface area contributed by atoms with Crippen LogP contribution < -0.4 is 4.74 Å². The topological polar surface area (TPSA) is 57.2 Å². The van der Waals surface area contributed by atoms with Crippen molar-refractivity contribution in [1.29, 1.82) is 0 Å². The van der Waals surface area contributed by atoms with Crippen LogP contribution in [0.3, 0.4) is 0 Å². The average molecular weight is 501 g/mol. The Labute approximate surface area is 219 Å². The summed E-state index contributed by atoms with van der Waals surface area (Å²) in [5.74, 6) is 0.137. The third-order valence-electron chi connectivity index (χ3n) is 8.47. The van der Waals surface area contributed by atoms with Gasteiger partial charge in [0, 0.05) is 5.41 Å². The van der Waals surface area contributed by atoms with E-state index in [9.17, 15) is 5.11 Å². The summed E-state index contributed by atoms with van der Waals surface area (Å²) in [6.07, 6.45) is 1.44. The molecule has 37 heavy (non-hydrogen) atoms. The molecular weight excluding hydrogens is 464 g/mol. The molecule has 1 saturated heterocycles. The highest BCUT2D eigenvalue weighted by Gasteiger charge is 2.66. The van der Waals surface area contributed by atoms with E-state index in [0.717, 1.165) is 35.3 Å². The molecule has 6 rings (SSSR count). The molecule has 3 aromatic rings. The van der Waals surface area contributed by atoms with E-state index in [-0.39, 0.29) is 23.7 Å². The Morgan fingerprint density at radius 1 is 0.811 bits per heavy atom. The van der Waals surface area contributed by atoms with E-state index in [1.807, 2.05) is 32.0 Å². The van der Waals surface area contributed by atoms with Crippen LogP contribution in [-0.4, -0.2) is 42.4 Å². The van der Waals surface area contributed by atoms with Crippen LogP contribution in [0.1, 0.15) is 55.4 Å². The van der Waals surface area contributed by atoms with Crippen molar-refractivity contribution in [3.63, 3.8) is 0 Å². The second-order valence-corrected chi connectivity index (χ2v) is 11.4. The van der Waals surface area contributed by atoms with E-state index < -0.39 is 17.5 Å². The van der Waals surface area contributed by atoms with Gasteiger partial charge >= 0.3 is 0 Å². The van der Waals surface area contributed by atoms with Crippen molar-refractivity contribution >= 4 is 0 Å². The van der Waals surface area contributed by atoms with Crippen LogP contribution in [0, 0.1) is 12.3 Å². The minimum Gasteiger partial charge on any atom is -0.497 e. The number of methoxy groups -OCH3 is 1. The standard InChI is InChI=1S/C32H36O5/c1-21-10-12-23(13-11-21)32(22-8-6-5-7-9-22,24-14-16-25(34-4)17-15-24)35-26-18-31(19-26)20-27(33)28-29(31)37-30(2,3)36-28/h5-17,26-29,33H,18-20H2,1-4H3/t26?,27-,28-,29-,31?,32?/m0/s1. The molecule has 1 spiro atoms. The van der Waals surface area contributed by atoms with Gasteiger partial charge < -0.3 is 24.1 Å². The molecule has 1 N–H and O–H groups in total. The normalized spacial score (nSPS) is 31.5. The van der Waals surface area contributed by atoms with Crippen molar-refractivity contribution < 1.29 is 24.1 Å². The number of hydrogen-bond donors (Lipinski definition) is 1. The number of hydrogen-bond acceptors (Lipinski definition) is 5. The Kier molecular flexibility index (Phi) is 5.96. The van der Waals surface area contributed by atoms with E-state index in [0.29, 0.717) is 6.42 Å². The molecule has 2 aliphatic carbocycles. The Morgan fingerprint density at radius 2 is 1.41 bits per heavy atom. The number of aryl methyl sites for hydroxylation is 1. The second kappa shape index (κ2) is 8.95. The maximum absolute atomic E-state index is 10.8. The summed E-state index contributed by atoms with van der Waals surface area (Å²) in [4.78, 5) is 0. The minimum atomic E-state index is -0.795. The molecule has 4 atom stereocenters. The van der Waals surface area contributed by atoms with Gasteiger partial charge in [0.1, 0.15) is 17.5 Å². The van der Waals surface area contributed by atoms with Crippen LogP contribution in [-0.2, 0) is 19.8 Å². The highest BCUT2D eigenvalue weighted by molar-refractivity contribution is 5.49. The quantitative estimate of drug-likeness (QED) is 0.437. The van der Waals surface area contributed by atoms with E-state index in [4.69, 9.17) is 18.9 Å². The molecule has 2 saturated carbocycles. The molecule has 0 amide bonds. The lowest BCUT2D eigenvalue weighted by molar-refractivity contribution is -0.207. The van der Waals surface area contributed by atoms with E-state index >= 15 is 0 Å². The van der Waals surface area contributed by atoms with Gasteiger partial charge in [0.15, 0.2) is 5.79 Å². The molecular formula is C32H36O5. The Hall–Kier alpha value is -2.70. The highest BCUT2D eigenvalue weighted by Crippen LogP contribution is 2.61. The summed E-state index contributed by atoms with van der Waals surface area (Å²) in [6.45, 7) is 5.96. The first kappa shape index (κ1) is 24.6. The Bertz CT molecular complexity index is 1230. The zero-order valence-corrected chi connectivity index (χ0v) is 22.0. The van der Waals surface area contributed by atoms with Crippen LogP contribution in [0.15, 0.2) is 78.9 Å². The third-order valence-corrected chi connectivity index (χ3v) is 8.47. The average Bonchev–Trinajstić information content (AvgIpc) is 3.34. The first-order valence-corrected chi connectivity index (χ1v) is 13.2. The van der Waals surface area contributed by atoms with Gasteiger partial charge in [0.2, 0.25) is 0 Å². The number of ether oxygens (including phenoxy) is 4. The van der Waals surface area contributed by atoms with Crippen LogP contribution in [0.5, 0.6) is 5.75 Å². The van der Waals surface area contributed by atoms with Crippen molar-refractivity contribution in [2.75, 3.05) is 7.11 Å². The van der Waals surface area contributed by atoms with Crippen molar-refractivity contribution in [1.82, 2.24) is 0 Å². The maximum Gasteiger partial charge on any atom is 0.163 e. The largest absolute Gasteiger partial charge is 0.497 e. The molecule has 5 heteroatoms. The minimum absolute atomic E-state index is 0.00173. The van der Waals surface area contributed by atoms with Crippen molar-refractivity contribution in [2.45, 2.75) is 75.8 Å². The monoisotopic (exact) mass is 500 g/mol. The van der Waals surface area contributed by atoms with Crippen molar-refractivity contribution in [2.24, 2.45) is 5.41 Å². The summed E-state index contributed by atoms with van der Waals surface area (Å²) >= 11 is 0. The fourth-order valence-electron chi connectivity index (χ4n) is 6.76. The van der Waals surface area contributed by atoms with E-state index in [1.54, 1.807) is 7.11 Å². The molecule has 1 unspecified atom stereocenters. The van der Waals surface area contributed by atoms with Gasteiger partial charge in [0.25, 0.3) is 0 Å². The van der Waals surface area contributed by atoms with Gasteiger partial charge in [-0.05, 0) is 68.9 Å². The Morgan fingerprint density at radius 3 is 2.03 bits per heavy atom. The maximum atomic E-state index is 10.8. The predicted octanol–water partition coefficient (Wildman–Crippen LogP) is 5.75. The molecule has 5 nitrogen and oxygen atoms in total. The fourth-order valence-corrected chi connectivity index (χ4v) is 6.76. The molecule has 1 heterocycles. The van der Waals surface area contributed by atoms with Gasteiger partial charge in [0.05, 0.1) is 25.4 Å². The Balaban J connectivity index is 1.39. The van der Waals surface area contributed by atoms with Crippen LogP contribution in [0.25, 0.3) is 0 Å². The molecule has 0 aromatic heterocycles. The first-order valence-electron chi connectivity index (χ1n) is 13.2. The van der Waals surface area contributed by atoms with Crippen LogP contribution in [0.4, 0.5) is 0 Å². The molecule has 1 aliphatic heterocycles. The number of aliphatic hydroxyl groups is 1. The zero-order chi connectivity index (χ0) is 25.8. The van der Waals surface area contributed by atoms with E-state index in [1.165, 1.54) is 5.56 Å². The molecule has 3 fully saturated rings. The summed E-state index contributed by atoms with van der Waals surface area (Å²) in [6, 6.07) is 27.3. The number of aliphatic hydroxyl groups excluding tert-OH is 1. The lowest BCUT2D eigenvalue weighted by Crippen LogP contribution is -2.52. The number of rotatable bonds is 6. The molecule has 0 bridgehead atoms. The van der Waals surface area contributed by atoms with Gasteiger partial charge in [-0.2, -0.15) is 0 Å². The van der Waals surface area contributed by atoms with Gasteiger partial charge in [-0.1, -0.05) is 72.3 Å². The summed E-state index contributed by atoms with van der Waals surface area (Å²) in [5, 5.41) is 10.8. The molecule has 194 valence electrons. The van der Waals surface area contributed by atoms with Crippen LogP contribution in [0.2, 0.25) is 0 Å². The first-order chi connectivity index (χ1) is 17.7. The third kappa shape index (κ3) is 4.09. The summed E-state index contributed by atoms with van der Waals surface area (Å²) in [7, 11) is 1.68. The fraction of sp³-hybridized carbons (Fsp3) is 0.438. The lowest BCUT2D eigenvalue weighted by atomic mass is 9.63. The smallest absolute Gasteiger partial charge is 0.163 e. The SMILES string of the molecule is COc1ccc(C(OC2CC3(C2)C[C@H](O)[C@@H]2OC(C)(C)O[C@@H]23)(c2ccccc2)c2ccc(C)cc2)cc1. The lowest BCUT2D eigenvalue weighted by Gasteiger charge is -2.51. The summed E-state index contributed by atoms with van der Waals surface area (Å²) in [5.41, 5.74) is 3.50. The van der Waals surface area contributed by atoms with Gasteiger partial charge in [-0.15, -0.1) is 0 Å². The molecule has 3 aliphatic rings. The second-order valence-electron chi connectivity index (χ2n) is 11.4.